The molecule has 0 amide bonds. The van der Waals surface area contributed by atoms with E-state index in [0.29, 0.717) is 0 Å². The van der Waals surface area contributed by atoms with Crippen LogP contribution >= 0.6 is 15.9 Å². The summed E-state index contributed by atoms with van der Waals surface area (Å²) in [4.78, 5) is 10.4. The molecule has 0 fully saturated rings. The number of alkyl halides is 1. The van der Waals surface area contributed by atoms with Crippen LogP contribution in [0.5, 0.6) is 5.75 Å². The predicted octanol–water partition coefficient (Wildman–Crippen LogP) is 2.45. The Bertz CT molecular complexity index is 381. The summed E-state index contributed by atoms with van der Waals surface area (Å²) in [5.74, 6) is -0.767. The standard InChI is InChI=1S/C11H12BrFO3/c1-7-3-4-9(13)10(5-7)16-6-8(12)11(14)15-2/h3-5,8H,6H2,1-2H3. The Balaban J connectivity index is 2.60. The zero-order valence-electron chi connectivity index (χ0n) is 9.00. The van der Waals surface area contributed by atoms with Crippen molar-refractivity contribution < 1.29 is 18.7 Å². The van der Waals surface area contributed by atoms with Crippen LogP contribution in [0, 0.1) is 12.7 Å². The Hall–Kier alpha value is -1.10. The lowest BCUT2D eigenvalue weighted by molar-refractivity contribution is -0.140. The van der Waals surface area contributed by atoms with Gasteiger partial charge in [-0.2, -0.15) is 0 Å². The zero-order chi connectivity index (χ0) is 12.1. The lowest BCUT2D eigenvalue weighted by Crippen LogP contribution is -2.23. The summed E-state index contributed by atoms with van der Waals surface area (Å²) in [7, 11) is 1.28. The van der Waals surface area contributed by atoms with Crippen molar-refractivity contribution in [1.82, 2.24) is 0 Å². The molecule has 0 saturated carbocycles. The van der Waals surface area contributed by atoms with E-state index in [-0.39, 0.29) is 12.4 Å². The molecule has 0 radical (unpaired) electrons. The molecule has 5 heteroatoms. The Morgan fingerprint density at radius 2 is 2.25 bits per heavy atom. The Morgan fingerprint density at radius 3 is 2.88 bits per heavy atom. The quantitative estimate of drug-likeness (QED) is 0.631. The highest BCUT2D eigenvalue weighted by Crippen LogP contribution is 2.19. The van der Waals surface area contributed by atoms with Crippen molar-refractivity contribution in [3.63, 3.8) is 0 Å². The summed E-state index contributed by atoms with van der Waals surface area (Å²) >= 11 is 3.08. The molecule has 0 N–H and O–H groups in total. The molecule has 1 aromatic carbocycles. The van der Waals surface area contributed by atoms with E-state index in [9.17, 15) is 9.18 Å². The summed E-state index contributed by atoms with van der Waals surface area (Å²) in [6, 6.07) is 4.55. The van der Waals surface area contributed by atoms with Gasteiger partial charge in [-0.3, -0.25) is 4.79 Å². The van der Waals surface area contributed by atoms with Gasteiger partial charge >= 0.3 is 5.97 Å². The number of ether oxygens (including phenoxy) is 2. The van der Waals surface area contributed by atoms with Gasteiger partial charge in [-0.1, -0.05) is 22.0 Å². The van der Waals surface area contributed by atoms with E-state index < -0.39 is 16.6 Å². The van der Waals surface area contributed by atoms with Crippen LogP contribution in [0.15, 0.2) is 18.2 Å². The van der Waals surface area contributed by atoms with Crippen molar-refractivity contribution >= 4 is 21.9 Å². The summed E-state index contributed by atoms with van der Waals surface area (Å²) in [6.07, 6.45) is 0. The van der Waals surface area contributed by atoms with Gasteiger partial charge in [-0.25, -0.2) is 4.39 Å². The molecule has 1 aromatic rings. The number of carbonyl (C=O) groups is 1. The van der Waals surface area contributed by atoms with Crippen molar-refractivity contribution in [1.29, 1.82) is 0 Å². The zero-order valence-corrected chi connectivity index (χ0v) is 10.6. The maximum absolute atomic E-state index is 13.2. The van der Waals surface area contributed by atoms with E-state index in [1.54, 1.807) is 12.1 Å². The predicted molar refractivity (Wildman–Crippen MR) is 61.4 cm³/mol. The fourth-order valence-corrected chi connectivity index (χ4v) is 1.40. The molecular weight excluding hydrogens is 279 g/mol. The van der Waals surface area contributed by atoms with Crippen LogP contribution < -0.4 is 4.74 Å². The average Bonchev–Trinajstić information content (AvgIpc) is 2.28. The van der Waals surface area contributed by atoms with Crippen molar-refractivity contribution in [3.8, 4) is 5.75 Å². The lowest BCUT2D eigenvalue weighted by atomic mass is 10.2. The summed E-state index contributed by atoms with van der Waals surface area (Å²) in [6.45, 7) is 1.85. The van der Waals surface area contributed by atoms with Crippen molar-refractivity contribution in [2.45, 2.75) is 11.8 Å². The average molecular weight is 291 g/mol. The van der Waals surface area contributed by atoms with Gasteiger partial charge in [0.1, 0.15) is 11.4 Å². The van der Waals surface area contributed by atoms with Gasteiger partial charge in [-0.15, -0.1) is 0 Å². The van der Waals surface area contributed by atoms with Crippen LogP contribution in [-0.4, -0.2) is 24.5 Å². The first-order valence-electron chi connectivity index (χ1n) is 4.65. The van der Waals surface area contributed by atoms with E-state index in [4.69, 9.17) is 4.74 Å². The molecule has 0 aromatic heterocycles. The summed E-state index contributed by atoms with van der Waals surface area (Å²) in [5, 5.41) is 0. The molecule has 0 bridgehead atoms. The minimum absolute atomic E-state index is 0.0209. The maximum atomic E-state index is 13.2. The van der Waals surface area contributed by atoms with Crippen LogP contribution in [0.2, 0.25) is 0 Å². The second-order valence-corrected chi connectivity index (χ2v) is 4.34. The highest BCUT2D eigenvalue weighted by molar-refractivity contribution is 9.10. The molecule has 0 heterocycles. The molecule has 88 valence electrons. The number of esters is 1. The summed E-state index contributed by atoms with van der Waals surface area (Å²) in [5.41, 5.74) is 0.889. The Kier molecular flexibility index (Phi) is 4.73. The highest BCUT2D eigenvalue weighted by atomic mass is 79.9. The van der Waals surface area contributed by atoms with E-state index >= 15 is 0 Å². The second-order valence-electron chi connectivity index (χ2n) is 3.24. The van der Waals surface area contributed by atoms with Crippen molar-refractivity contribution in [2.24, 2.45) is 0 Å². The van der Waals surface area contributed by atoms with Crippen molar-refractivity contribution in [2.75, 3.05) is 13.7 Å². The largest absolute Gasteiger partial charge is 0.489 e. The third-order valence-corrected chi connectivity index (χ3v) is 2.57. The molecular formula is C11H12BrFO3. The van der Waals surface area contributed by atoms with Gasteiger partial charge in [0, 0.05) is 0 Å². The monoisotopic (exact) mass is 290 g/mol. The lowest BCUT2D eigenvalue weighted by Gasteiger charge is -2.10. The van der Waals surface area contributed by atoms with E-state index in [1.807, 2.05) is 6.92 Å². The molecule has 0 aliphatic heterocycles. The molecule has 0 aliphatic rings. The molecule has 1 unspecified atom stereocenters. The number of hydrogen-bond donors (Lipinski definition) is 0. The Morgan fingerprint density at radius 1 is 1.56 bits per heavy atom. The van der Waals surface area contributed by atoms with Gasteiger partial charge in [0.15, 0.2) is 11.6 Å². The smallest absolute Gasteiger partial charge is 0.322 e. The van der Waals surface area contributed by atoms with E-state index in [2.05, 4.69) is 20.7 Å². The number of methoxy groups -OCH3 is 1. The first kappa shape index (κ1) is 13.0. The molecule has 1 rings (SSSR count). The van der Waals surface area contributed by atoms with Crippen molar-refractivity contribution in [3.05, 3.63) is 29.6 Å². The van der Waals surface area contributed by atoms with Gasteiger partial charge < -0.3 is 9.47 Å². The first-order chi connectivity index (χ1) is 7.54. The second kappa shape index (κ2) is 5.84. The number of benzene rings is 1. The highest BCUT2D eigenvalue weighted by Gasteiger charge is 2.16. The number of rotatable bonds is 4. The number of carbonyl (C=O) groups excluding carboxylic acids is 1. The first-order valence-corrected chi connectivity index (χ1v) is 5.57. The van der Waals surface area contributed by atoms with Gasteiger partial charge in [0.25, 0.3) is 0 Å². The topological polar surface area (TPSA) is 35.5 Å². The SMILES string of the molecule is COC(=O)C(Br)COc1cc(C)ccc1F. The van der Waals surface area contributed by atoms with Crippen LogP contribution in [0.25, 0.3) is 0 Å². The molecule has 16 heavy (non-hydrogen) atoms. The summed E-state index contributed by atoms with van der Waals surface area (Å²) < 4.78 is 22.9. The molecule has 3 nitrogen and oxygen atoms in total. The molecule has 0 aliphatic carbocycles. The number of aryl methyl sites for hydroxylation is 1. The normalized spacial score (nSPS) is 12.0. The minimum Gasteiger partial charge on any atom is -0.489 e. The third kappa shape index (κ3) is 3.48. The van der Waals surface area contributed by atoms with Crippen LogP contribution in [-0.2, 0) is 9.53 Å². The van der Waals surface area contributed by atoms with Crippen LogP contribution in [0.1, 0.15) is 5.56 Å². The third-order valence-electron chi connectivity index (χ3n) is 1.93. The van der Waals surface area contributed by atoms with E-state index in [0.717, 1.165) is 5.56 Å². The minimum atomic E-state index is -0.600. The Labute approximate surface area is 102 Å². The molecule has 0 spiro atoms. The molecule has 1 atom stereocenters. The van der Waals surface area contributed by atoms with Crippen LogP contribution in [0.3, 0.4) is 0 Å². The molecule has 0 saturated heterocycles. The van der Waals surface area contributed by atoms with Gasteiger partial charge in [-0.05, 0) is 24.6 Å². The fourth-order valence-electron chi connectivity index (χ4n) is 1.08. The van der Waals surface area contributed by atoms with Crippen LogP contribution in [0.4, 0.5) is 4.39 Å². The maximum Gasteiger partial charge on any atom is 0.322 e. The number of hydrogen-bond acceptors (Lipinski definition) is 3. The fraction of sp³-hybridized carbons (Fsp3) is 0.364. The van der Waals surface area contributed by atoms with E-state index in [1.165, 1.54) is 13.2 Å². The van der Waals surface area contributed by atoms with Gasteiger partial charge in [0.2, 0.25) is 0 Å². The number of halogens is 2. The van der Waals surface area contributed by atoms with Gasteiger partial charge in [0.05, 0.1) is 7.11 Å².